The average Bonchev–Trinajstić information content (AvgIpc) is 2.28. The van der Waals surface area contributed by atoms with Crippen LogP contribution in [-0.2, 0) is 9.53 Å². The zero-order chi connectivity index (χ0) is 14.8. The molecule has 0 aliphatic heterocycles. The Kier molecular flexibility index (Phi) is 6.82. The molecular weight excluding hydrogens is 387 g/mol. The van der Waals surface area contributed by atoms with Crippen LogP contribution in [0.3, 0.4) is 0 Å². The number of aryl methyl sites for hydroxylation is 1. The van der Waals surface area contributed by atoms with Gasteiger partial charge in [0.2, 0.25) is 0 Å². The summed E-state index contributed by atoms with van der Waals surface area (Å²) in [5, 5.41) is 5.80. The van der Waals surface area contributed by atoms with Gasteiger partial charge in [-0.25, -0.2) is 5.14 Å². The molecule has 0 saturated carbocycles. The van der Waals surface area contributed by atoms with E-state index in [0.717, 1.165) is 23.1 Å². The molecule has 20 heavy (non-hydrogen) atoms. The molecule has 0 saturated heterocycles. The molecule has 0 unspecified atom stereocenters. The van der Waals surface area contributed by atoms with Gasteiger partial charge in [-0.2, -0.15) is 4.21 Å². The van der Waals surface area contributed by atoms with Crippen LogP contribution < -0.4 is 29.1 Å². The maximum Gasteiger partial charge on any atom is 0.0798 e. The van der Waals surface area contributed by atoms with Crippen molar-refractivity contribution in [3.63, 3.8) is 0 Å². The van der Waals surface area contributed by atoms with E-state index < -0.39 is 9.53 Å². The normalized spacial score (nSPS) is 14.2. The first-order chi connectivity index (χ1) is 8.54. The van der Waals surface area contributed by atoms with Gasteiger partial charge in [0, 0.05) is 6.42 Å². The summed E-state index contributed by atoms with van der Waals surface area (Å²) in [7, 11) is 0.0311. The van der Waals surface area contributed by atoms with Crippen molar-refractivity contribution < 1.29 is 37.2 Å². The van der Waals surface area contributed by atoms with E-state index in [1.807, 2.05) is 19.1 Å². The number of benzene rings is 1. The Balaban J connectivity index is 0.00000361. The fourth-order valence-corrected chi connectivity index (χ4v) is 3.52. The molecule has 0 fully saturated rings. The van der Waals surface area contributed by atoms with Crippen molar-refractivity contribution in [1.82, 2.24) is 0 Å². The van der Waals surface area contributed by atoms with Gasteiger partial charge >= 0.3 is 0 Å². The number of quaternary nitrogens is 1. The van der Waals surface area contributed by atoms with Gasteiger partial charge in [0.15, 0.2) is 0 Å². The van der Waals surface area contributed by atoms with Crippen LogP contribution in [0.2, 0.25) is 0 Å². The molecule has 0 atom stereocenters. The minimum atomic E-state index is -4.19. The van der Waals surface area contributed by atoms with E-state index in [1.165, 1.54) is 0 Å². The lowest BCUT2D eigenvalue weighted by atomic mass is 10.2. The predicted molar refractivity (Wildman–Crippen MR) is 81.4 cm³/mol. The number of nitrogens with two attached hydrogens (primary N) is 1. The lowest BCUT2D eigenvalue weighted by Gasteiger charge is -2.39. The maximum absolute atomic E-state index is 12.6. The molecule has 0 aliphatic rings. The Morgan fingerprint density at radius 2 is 1.75 bits per heavy atom. The van der Waals surface area contributed by atoms with Gasteiger partial charge in [0.05, 0.1) is 37.8 Å². The number of rotatable bonds is 6. The van der Waals surface area contributed by atoms with E-state index in [2.05, 4.69) is 21.0 Å². The van der Waals surface area contributed by atoms with Crippen molar-refractivity contribution in [3.05, 3.63) is 29.8 Å². The maximum atomic E-state index is 12.6. The number of nitrogens with zero attached hydrogens (tertiary/aromatic N) is 1. The zero-order valence-corrected chi connectivity index (χ0v) is 15.8. The molecule has 1 aromatic carbocycles. The molecule has 6 heteroatoms. The molecule has 4 nitrogen and oxygen atoms in total. The summed E-state index contributed by atoms with van der Waals surface area (Å²) in [5.41, 5.74) is 1.05. The molecule has 118 valence electrons. The molecule has 0 radical (unpaired) electrons. The van der Waals surface area contributed by atoms with E-state index in [0.29, 0.717) is 11.3 Å². The van der Waals surface area contributed by atoms with Gasteiger partial charge in [0.25, 0.3) is 0 Å². The van der Waals surface area contributed by atoms with Crippen LogP contribution >= 0.6 is 0 Å². The van der Waals surface area contributed by atoms with Crippen LogP contribution in [0.15, 0.2) is 29.2 Å². The van der Waals surface area contributed by atoms with Crippen molar-refractivity contribution in [3.8, 4) is 0 Å². The lowest BCUT2D eigenvalue weighted by molar-refractivity contribution is -0.888. The number of hydrogen-bond donors (Lipinski definition) is 2. The largest absolute Gasteiger partial charge is 1.00 e. The molecule has 1 rings (SSSR count). The van der Waals surface area contributed by atoms with Gasteiger partial charge < -0.3 is 28.5 Å². The van der Waals surface area contributed by atoms with E-state index >= 15 is 0 Å². The van der Waals surface area contributed by atoms with Crippen molar-refractivity contribution >= 4 is 9.53 Å². The molecule has 0 amide bonds. The van der Waals surface area contributed by atoms with Crippen LogP contribution in [0.1, 0.15) is 18.9 Å². The van der Waals surface area contributed by atoms with Crippen molar-refractivity contribution in [2.24, 2.45) is 5.14 Å². The first kappa shape index (κ1) is 20.0. The Bertz CT molecular complexity index is 494. The topological polar surface area (TPSA) is 63.3 Å². The molecule has 3 N–H and O–H groups in total. The summed E-state index contributed by atoms with van der Waals surface area (Å²) in [6, 6.07) is 6.95. The Hall–Kier alpha value is -0.0200. The average molecular weight is 414 g/mol. The first-order valence-corrected chi connectivity index (χ1v) is 8.79. The highest BCUT2D eigenvalue weighted by atomic mass is 127. The summed E-state index contributed by atoms with van der Waals surface area (Å²) in [5.74, 6) is 0.113. The third-order valence-corrected chi connectivity index (χ3v) is 6.04. The first-order valence-electron chi connectivity index (χ1n) is 6.63. The molecule has 0 spiro atoms. The fourth-order valence-electron chi connectivity index (χ4n) is 1.88. The molecule has 0 bridgehead atoms. The van der Waals surface area contributed by atoms with Gasteiger partial charge in [-0.3, -0.25) is 4.55 Å². The van der Waals surface area contributed by atoms with Crippen molar-refractivity contribution in [2.45, 2.75) is 25.2 Å². The summed E-state index contributed by atoms with van der Waals surface area (Å²) in [4.78, 5) is 0.337. The molecule has 0 aliphatic carbocycles. The zero-order valence-electron chi connectivity index (χ0n) is 12.8. The number of halogens is 1. The Morgan fingerprint density at radius 1 is 1.25 bits per heavy atom. The highest BCUT2D eigenvalue weighted by Gasteiger charge is 2.25. The highest BCUT2D eigenvalue weighted by Crippen LogP contribution is 2.27. The highest BCUT2D eigenvalue weighted by molar-refractivity contribution is 8.13. The van der Waals surface area contributed by atoms with Gasteiger partial charge in [0.1, 0.15) is 0 Å². The number of hydrogen-bond acceptors (Lipinski definition) is 1. The van der Waals surface area contributed by atoms with Crippen molar-refractivity contribution in [2.75, 3.05) is 32.9 Å². The molecule has 0 heterocycles. The van der Waals surface area contributed by atoms with Crippen molar-refractivity contribution in [1.29, 1.82) is 0 Å². The molecule has 1 aromatic rings. The minimum Gasteiger partial charge on any atom is -1.00 e. The Morgan fingerprint density at radius 3 is 2.20 bits per heavy atom. The second kappa shape index (κ2) is 6.83. The van der Waals surface area contributed by atoms with Gasteiger partial charge in [-0.05, 0) is 26.0 Å². The van der Waals surface area contributed by atoms with Crippen LogP contribution in [0.25, 0.3) is 0 Å². The summed E-state index contributed by atoms with van der Waals surface area (Å²) >= 11 is 0. The quantitative estimate of drug-likeness (QED) is 0.464. The van der Waals surface area contributed by atoms with Crippen LogP contribution in [0, 0.1) is 6.92 Å². The monoisotopic (exact) mass is 414 g/mol. The lowest BCUT2D eigenvalue weighted by Crippen LogP contribution is -3.00. The van der Waals surface area contributed by atoms with Crippen LogP contribution in [0.5, 0.6) is 0 Å². The van der Waals surface area contributed by atoms with Gasteiger partial charge in [-0.1, -0.05) is 17.7 Å². The summed E-state index contributed by atoms with van der Waals surface area (Å²) < 4.78 is 23.8. The minimum absolute atomic E-state index is 0. The van der Waals surface area contributed by atoms with E-state index in [-0.39, 0.29) is 29.7 Å². The molecular formula is C14H27IN2O2S. The SMILES string of the molecule is CC[N+](C)(C)CCCS(N)(=O)(O)c1ccc(C)cc1.[I-]. The van der Waals surface area contributed by atoms with E-state index in [9.17, 15) is 8.76 Å². The Labute approximate surface area is 139 Å². The van der Waals surface area contributed by atoms with E-state index in [1.54, 1.807) is 12.1 Å². The molecule has 0 aromatic heterocycles. The second-order valence-electron chi connectivity index (χ2n) is 5.97. The summed E-state index contributed by atoms with van der Waals surface area (Å²) in [6.07, 6.45) is 0.632. The summed E-state index contributed by atoms with van der Waals surface area (Å²) in [6.45, 7) is 5.88. The second-order valence-corrected chi connectivity index (χ2v) is 9.11. The van der Waals surface area contributed by atoms with Gasteiger partial charge in [-0.15, -0.1) is 9.53 Å². The van der Waals surface area contributed by atoms with Crippen LogP contribution in [0.4, 0.5) is 0 Å². The van der Waals surface area contributed by atoms with E-state index in [4.69, 9.17) is 5.14 Å². The smallest absolute Gasteiger partial charge is 0.0798 e. The third kappa shape index (κ3) is 5.77. The standard InChI is InChI=1S/C14H26N2O2S.HI/c1-5-16(3,4)11-6-12-19(15,17,18)14-9-7-13(2)8-10-14;/h7-10H,5-6,11-12H2,1-4H3,(H2-,15,17,18);1H. The third-order valence-electron chi connectivity index (χ3n) is 3.68. The fraction of sp³-hybridized carbons (Fsp3) is 0.571. The van der Waals surface area contributed by atoms with Crippen LogP contribution in [-0.4, -0.2) is 46.2 Å². The predicted octanol–water partition coefficient (Wildman–Crippen LogP) is -0.989.